The second kappa shape index (κ2) is 5.97. The summed E-state index contributed by atoms with van der Waals surface area (Å²) >= 11 is 3.22. The molecule has 0 radical (unpaired) electrons. The van der Waals surface area contributed by atoms with Crippen LogP contribution in [0.3, 0.4) is 0 Å². The molecule has 0 spiro atoms. The Morgan fingerprint density at radius 3 is 2.68 bits per heavy atom. The monoisotopic (exact) mass is 324 g/mol. The minimum atomic E-state index is -0.336. The van der Waals surface area contributed by atoms with Crippen LogP contribution >= 0.6 is 15.9 Å². The van der Waals surface area contributed by atoms with Crippen molar-refractivity contribution >= 4 is 33.3 Å². The van der Waals surface area contributed by atoms with Gasteiger partial charge in [-0.2, -0.15) is 0 Å². The number of benzene rings is 1. The van der Waals surface area contributed by atoms with Crippen LogP contribution in [-0.4, -0.2) is 16.5 Å². The molecule has 0 atom stereocenters. The van der Waals surface area contributed by atoms with Gasteiger partial charge >= 0.3 is 0 Å². The maximum absolute atomic E-state index is 13.8. The molecule has 19 heavy (non-hydrogen) atoms. The molecule has 100 valence electrons. The van der Waals surface area contributed by atoms with Gasteiger partial charge in [0.05, 0.1) is 5.69 Å². The molecule has 2 aromatic rings. The van der Waals surface area contributed by atoms with E-state index in [1.807, 2.05) is 13.8 Å². The Balaban J connectivity index is 2.30. The molecule has 0 aliphatic carbocycles. The second-order valence-electron chi connectivity index (χ2n) is 3.98. The first kappa shape index (κ1) is 13.7. The smallest absolute Gasteiger partial charge is 0.147 e. The lowest BCUT2D eigenvalue weighted by Gasteiger charge is -2.12. The number of hydrogen-bond acceptors (Lipinski definition) is 4. The Hall–Kier alpha value is -1.69. The van der Waals surface area contributed by atoms with Crippen LogP contribution < -0.4 is 10.6 Å². The van der Waals surface area contributed by atoms with Crippen LogP contribution in [0.1, 0.15) is 12.5 Å². The predicted octanol–water partition coefficient (Wildman–Crippen LogP) is 3.86. The highest BCUT2D eigenvalue weighted by Crippen LogP contribution is 2.25. The van der Waals surface area contributed by atoms with Crippen molar-refractivity contribution in [3.63, 3.8) is 0 Å². The number of rotatable bonds is 4. The third-order valence-corrected chi connectivity index (χ3v) is 3.11. The molecule has 0 aliphatic heterocycles. The van der Waals surface area contributed by atoms with E-state index in [4.69, 9.17) is 0 Å². The van der Waals surface area contributed by atoms with Gasteiger partial charge in [0.2, 0.25) is 0 Å². The van der Waals surface area contributed by atoms with E-state index < -0.39 is 0 Å². The van der Waals surface area contributed by atoms with E-state index >= 15 is 0 Å². The van der Waals surface area contributed by atoms with Gasteiger partial charge in [0.25, 0.3) is 0 Å². The van der Waals surface area contributed by atoms with E-state index in [0.29, 0.717) is 16.0 Å². The molecule has 2 N–H and O–H groups in total. The molecule has 0 bridgehead atoms. The maximum Gasteiger partial charge on any atom is 0.147 e. The lowest BCUT2D eigenvalue weighted by atomic mass is 10.2. The van der Waals surface area contributed by atoms with Gasteiger partial charge in [0.15, 0.2) is 0 Å². The lowest BCUT2D eigenvalue weighted by Crippen LogP contribution is -2.06. The first-order chi connectivity index (χ1) is 9.11. The van der Waals surface area contributed by atoms with Crippen molar-refractivity contribution in [1.29, 1.82) is 0 Å². The maximum atomic E-state index is 13.8. The molecular weight excluding hydrogens is 311 g/mol. The minimum Gasteiger partial charge on any atom is -0.370 e. The van der Waals surface area contributed by atoms with E-state index in [2.05, 4.69) is 36.5 Å². The summed E-state index contributed by atoms with van der Waals surface area (Å²) in [7, 11) is 0. The van der Waals surface area contributed by atoms with E-state index in [0.717, 1.165) is 17.9 Å². The number of nitrogens with one attached hydrogen (secondary N) is 2. The lowest BCUT2D eigenvalue weighted by molar-refractivity contribution is 0.631. The Kier molecular flexibility index (Phi) is 4.31. The van der Waals surface area contributed by atoms with Gasteiger partial charge in [-0.05, 0) is 32.0 Å². The minimum absolute atomic E-state index is 0.336. The summed E-state index contributed by atoms with van der Waals surface area (Å²) in [5, 5.41) is 6.11. The fraction of sp³-hybridized carbons (Fsp3) is 0.231. The molecule has 1 aromatic carbocycles. The first-order valence-corrected chi connectivity index (χ1v) is 6.68. The largest absolute Gasteiger partial charge is 0.370 e. The van der Waals surface area contributed by atoms with E-state index in [9.17, 15) is 4.39 Å². The normalized spacial score (nSPS) is 10.3. The van der Waals surface area contributed by atoms with Gasteiger partial charge in [-0.1, -0.05) is 15.9 Å². The van der Waals surface area contributed by atoms with E-state index in [1.54, 1.807) is 12.1 Å². The highest BCUT2D eigenvalue weighted by atomic mass is 79.9. The van der Waals surface area contributed by atoms with Crippen LogP contribution in [0.2, 0.25) is 0 Å². The molecule has 1 aromatic heterocycles. The van der Waals surface area contributed by atoms with Gasteiger partial charge in [-0.25, -0.2) is 14.4 Å². The SMILES string of the molecule is CCNc1ncnc(Nc2ccc(Br)cc2F)c1C. The van der Waals surface area contributed by atoms with Crippen molar-refractivity contribution in [2.45, 2.75) is 13.8 Å². The summed E-state index contributed by atoms with van der Waals surface area (Å²) in [6.07, 6.45) is 1.45. The fourth-order valence-corrected chi connectivity index (χ4v) is 1.97. The molecule has 0 aliphatic rings. The van der Waals surface area contributed by atoms with Crippen LogP contribution in [0.25, 0.3) is 0 Å². The molecule has 0 fully saturated rings. The van der Waals surface area contributed by atoms with E-state index in [-0.39, 0.29) is 5.82 Å². The third-order valence-electron chi connectivity index (χ3n) is 2.61. The fourth-order valence-electron chi connectivity index (χ4n) is 1.64. The van der Waals surface area contributed by atoms with Crippen molar-refractivity contribution in [3.8, 4) is 0 Å². The Labute approximate surface area is 119 Å². The second-order valence-corrected chi connectivity index (χ2v) is 4.89. The van der Waals surface area contributed by atoms with Gasteiger partial charge in [0, 0.05) is 16.6 Å². The van der Waals surface area contributed by atoms with Crippen LogP contribution in [0.4, 0.5) is 21.7 Å². The van der Waals surface area contributed by atoms with Gasteiger partial charge < -0.3 is 10.6 Å². The van der Waals surface area contributed by atoms with Crippen molar-refractivity contribution in [2.24, 2.45) is 0 Å². The summed E-state index contributed by atoms with van der Waals surface area (Å²) < 4.78 is 14.5. The number of aromatic nitrogens is 2. The molecule has 6 heteroatoms. The Bertz CT molecular complexity index is 589. The molecule has 4 nitrogen and oxygen atoms in total. The predicted molar refractivity (Wildman–Crippen MR) is 78.3 cm³/mol. The zero-order valence-corrected chi connectivity index (χ0v) is 12.3. The van der Waals surface area contributed by atoms with Crippen molar-refractivity contribution in [1.82, 2.24) is 9.97 Å². The number of nitrogens with zero attached hydrogens (tertiary/aromatic N) is 2. The zero-order chi connectivity index (χ0) is 13.8. The van der Waals surface area contributed by atoms with Crippen LogP contribution in [0.15, 0.2) is 29.0 Å². The standard InChI is InChI=1S/C13H14BrFN4/c1-3-16-12-8(2)13(18-7-17-12)19-11-5-4-9(14)6-10(11)15/h4-7H,3H2,1-2H3,(H2,16,17,18,19). The topological polar surface area (TPSA) is 49.8 Å². The average molecular weight is 325 g/mol. The van der Waals surface area contributed by atoms with Crippen molar-refractivity contribution in [2.75, 3.05) is 17.2 Å². The van der Waals surface area contributed by atoms with Crippen LogP contribution in [0.5, 0.6) is 0 Å². The highest BCUT2D eigenvalue weighted by Gasteiger charge is 2.09. The average Bonchev–Trinajstić information content (AvgIpc) is 2.37. The van der Waals surface area contributed by atoms with Crippen molar-refractivity contribution < 1.29 is 4.39 Å². The summed E-state index contributed by atoms with van der Waals surface area (Å²) in [4.78, 5) is 8.28. The van der Waals surface area contributed by atoms with Gasteiger partial charge in [-0.15, -0.1) is 0 Å². The molecule has 0 unspecified atom stereocenters. The summed E-state index contributed by atoms with van der Waals surface area (Å²) in [5.41, 5.74) is 1.24. The van der Waals surface area contributed by atoms with Crippen LogP contribution in [0, 0.1) is 12.7 Å². The quantitative estimate of drug-likeness (QED) is 0.896. The van der Waals surface area contributed by atoms with Gasteiger partial charge in [0.1, 0.15) is 23.8 Å². The molecule has 1 heterocycles. The number of hydrogen-bond donors (Lipinski definition) is 2. The number of anilines is 3. The Morgan fingerprint density at radius 2 is 2.00 bits per heavy atom. The van der Waals surface area contributed by atoms with E-state index in [1.165, 1.54) is 12.4 Å². The molecule has 0 amide bonds. The summed E-state index contributed by atoms with van der Waals surface area (Å²) in [5.74, 6) is 1.00. The molecule has 0 saturated heterocycles. The zero-order valence-electron chi connectivity index (χ0n) is 10.7. The highest BCUT2D eigenvalue weighted by molar-refractivity contribution is 9.10. The molecule has 2 rings (SSSR count). The molecule has 0 saturated carbocycles. The third kappa shape index (κ3) is 3.20. The Morgan fingerprint density at radius 1 is 1.26 bits per heavy atom. The summed E-state index contributed by atoms with van der Waals surface area (Å²) in [6.45, 7) is 4.64. The number of halogens is 2. The first-order valence-electron chi connectivity index (χ1n) is 5.89. The summed E-state index contributed by atoms with van der Waals surface area (Å²) in [6, 6.07) is 4.84. The van der Waals surface area contributed by atoms with Gasteiger partial charge in [-0.3, -0.25) is 0 Å². The van der Waals surface area contributed by atoms with Crippen molar-refractivity contribution in [3.05, 3.63) is 40.4 Å². The molecular formula is C13H14BrFN4. The van der Waals surface area contributed by atoms with Crippen LogP contribution in [-0.2, 0) is 0 Å².